The molecule has 0 bridgehead atoms. The minimum Gasteiger partial charge on any atom is -0.488 e. The van der Waals surface area contributed by atoms with Gasteiger partial charge in [-0.25, -0.2) is 0 Å². The van der Waals surface area contributed by atoms with E-state index in [9.17, 15) is 4.79 Å². The van der Waals surface area contributed by atoms with Crippen LogP contribution in [0.4, 0.5) is 0 Å². The third-order valence-corrected chi connectivity index (χ3v) is 2.81. The van der Waals surface area contributed by atoms with Gasteiger partial charge in [0.25, 0.3) is 0 Å². The van der Waals surface area contributed by atoms with E-state index >= 15 is 0 Å². The number of allylic oxidation sites excluding steroid dienone is 3. The maximum Gasteiger partial charge on any atom is 0.142 e. The smallest absolute Gasteiger partial charge is 0.142 e. The lowest BCUT2D eigenvalue weighted by Crippen LogP contribution is -2.05. The summed E-state index contributed by atoms with van der Waals surface area (Å²) in [5.41, 5.74) is 2.13. The first-order valence-electron chi connectivity index (χ1n) is 5.21. The van der Waals surface area contributed by atoms with Crippen LogP contribution in [0.25, 0.3) is 6.08 Å². The van der Waals surface area contributed by atoms with E-state index < -0.39 is 0 Å². The Morgan fingerprint density at radius 3 is 2.94 bits per heavy atom. The number of hydrogen-bond donors (Lipinski definition) is 0. The number of halogens is 1. The summed E-state index contributed by atoms with van der Waals surface area (Å²) in [5.74, 6) is 0.897. The summed E-state index contributed by atoms with van der Waals surface area (Å²) < 4.78 is 6.64. The summed E-state index contributed by atoms with van der Waals surface area (Å²) >= 11 is 3.43. The fraction of sp³-hybridized carbons (Fsp3) is 0.0714. The highest BCUT2D eigenvalue weighted by molar-refractivity contribution is 9.10. The van der Waals surface area contributed by atoms with Crippen LogP contribution in [0.3, 0.4) is 0 Å². The summed E-state index contributed by atoms with van der Waals surface area (Å²) in [5, 5.41) is 0. The molecule has 0 saturated heterocycles. The lowest BCUT2D eigenvalue weighted by atomic mass is 10.1. The zero-order chi connectivity index (χ0) is 12.1. The van der Waals surface area contributed by atoms with Gasteiger partial charge in [-0.15, -0.1) is 0 Å². The molecule has 1 aromatic carbocycles. The number of carbonyl (C=O) groups excluding carboxylic acids is 1. The van der Waals surface area contributed by atoms with Gasteiger partial charge in [-0.2, -0.15) is 0 Å². The van der Waals surface area contributed by atoms with Crippen LogP contribution in [0.2, 0.25) is 0 Å². The predicted octanol–water partition coefficient (Wildman–Crippen LogP) is 3.54. The Morgan fingerprint density at radius 2 is 2.12 bits per heavy atom. The molecule has 2 nitrogen and oxygen atoms in total. The quantitative estimate of drug-likeness (QED) is 0.484. The maximum atomic E-state index is 10.1. The first-order chi connectivity index (χ1) is 8.29. The number of ether oxygens (including phenoxy) is 1. The zero-order valence-electron chi connectivity index (χ0n) is 9.10. The molecular formula is C14H11BrO2. The van der Waals surface area contributed by atoms with Crippen LogP contribution in [-0.2, 0) is 4.79 Å². The molecule has 2 rings (SSSR count). The molecule has 0 saturated carbocycles. The van der Waals surface area contributed by atoms with E-state index in [0.717, 1.165) is 27.6 Å². The van der Waals surface area contributed by atoms with Gasteiger partial charge in [0.05, 0.1) is 0 Å². The Balaban J connectivity index is 2.19. The standard InChI is InChI=1S/C14H11BrO2/c15-13-5-6-14-12(9-13)8-11(10-17-14)4-2-1-3-7-16/h1-9H,10H2/b3-1+,4-2+. The highest BCUT2D eigenvalue weighted by Gasteiger charge is 2.09. The average Bonchev–Trinajstić information content (AvgIpc) is 2.34. The highest BCUT2D eigenvalue weighted by atomic mass is 79.9. The van der Waals surface area contributed by atoms with Gasteiger partial charge in [-0.05, 0) is 35.9 Å². The molecule has 1 aliphatic rings. The molecule has 3 heteroatoms. The third-order valence-electron chi connectivity index (χ3n) is 2.32. The van der Waals surface area contributed by atoms with Gasteiger partial charge in [-0.3, -0.25) is 4.79 Å². The van der Waals surface area contributed by atoms with E-state index in [0.29, 0.717) is 6.61 Å². The van der Waals surface area contributed by atoms with E-state index in [1.807, 2.05) is 30.4 Å². The number of aldehydes is 1. The Labute approximate surface area is 108 Å². The van der Waals surface area contributed by atoms with E-state index in [-0.39, 0.29) is 0 Å². The molecule has 0 aliphatic carbocycles. The molecule has 0 amide bonds. The number of hydrogen-bond acceptors (Lipinski definition) is 2. The number of fused-ring (bicyclic) bond motifs is 1. The number of rotatable bonds is 3. The van der Waals surface area contributed by atoms with Crippen molar-refractivity contribution < 1.29 is 9.53 Å². The van der Waals surface area contributed by atoms with Crippen molar-refractivity contribution >= 4 is 28.3 Å². The van der Waals surface area contributed by atoms with Gasteiger partial charge in [0.1, 0.15) is 18.6 Å². The molecule has 0 N–H and O–H groups in total. The second-order valence-corrected chi connectivity index (χ2v) is 4.49. The monoisotopic (exact) mass is 290 g/mol. The van der Waals surface area contributed by atoms with E-state index in [4.69, 9.17) is 4.74 Å². The topological polar surface area (TPSA) is 26.3 Å². The Hall–Kier alpha value is -1.61. The largest absolute Gasteiger partial charge is 0.488 e. The minimum atomic E-state index is 0.556. The van der Waals surface area contributed by atoms with Crippen LogP contribution in [0.15, 0.2) is 52.5 Å². The Kier molecular flexibility index (Phi) is 3.94. The lowest BCUT2D eigenvalue weighted by Gasteiger charge is -2.16. The van der Waals surface area contributed by atoms with Crippen LogP contribution in [0, 0.1) is 0 Å². The molecule has 1 aromatic rings. The highest BCUT2D eigenvalue weighted by Crippen LogP contribution is 2.29. The molecule has 0 fully saturated rings. The first-order valence-corrected chi connectivity index (χ1v) is 6.00. The van der Waals surface area contributed by atoms with Crippen LogP contribution in [0.1, 0.15) is 5.56 Å². The van der Waals surface area contributed by atoms with Crippen LogP contribution in [-0.4, -0.2) is 12.9 Å². The van der Waals surface area contributed by atoms with Gasteiger partial charge < -0.3 is 4.74 Å². The van der Waals surface area contributed by atoms with Gasteiger partial charge in [0, 0.05) is 10.0 Å². The number of benzene rings is 1. The third kappa shape index (κ3) is 3.17. The second kappa shape index (κ2) is 5.64. The average molecular weight is 291 g/mol. The molecule has 1 heterocycles. The number of carbonyl (C=O) groups is 1. The van der Waals surface area contributed by atoms with Crippen molar-refractivity contribution in [2.24, 2.45) is 0 Å². The minimum absolute atomic E-state index is 0.556. The fourth-order valence-electron chi connectivity index (χ4n) is 1.55. The van der Waals surface area contributed by atoms with Crippen molar-refractivity contribution in [3.05, 3.63) is 58.1 Å². The SMILES string of the molecule is O=C/C=C/C=C/C1=Cc2cc(Br)ccc2OC1. The fourth-order valence-corrected chi connectivity index (χ4v) is 1.93. The molecule has 0 atom stereocenters. The summed E-state index contributed by atoms with van der Waals surface area (Å²) in [6.45, 7) is 0.556. The summed E-state index contributed by atoms with van der Waals surface area (Å²) in [7, 11) is 0. The van der Waals surface area contributed by atoms with Gasteiger partial charge in [-0.1, -0.05) is 34.2 Å². The predicted molar refractivity (Wildman–Crippen MR) is 72.0 cm³/mol. The summed E-state index contributed by atoms with van der Waals surface area (Å²) in [4.78, 5) is 10.1. The summed E-state index contributed by atoms with van der Waals surface area (Å²) in [6.07, 6.45) is 9.74. The van der Waals surface area contributed by atoms with Crippen molar-refractivity contribution in [1.82, 2.24) is 0 Å². The molecule has 1 aliphatic heterocycles. The van der Waals surface area contributed by atoms with Crippen molar-refractivity contribution in [2.45, 2.75) is 0 Å². The molecular weight excluding hydrogens is 280 g/mol. The van der Waals surface area contributed by atoms with Gasteiger partial charge in [0.15, 0.2) is 0 Å². The molecule has 0 unspecified atom stereocenters. The van der Waals surface area contributed by atoms with Gasteiger partial charge >= 0.3 is 0 Å². The molecule has 0 spiro atoms. The summed E-state index contributed by atoms with van der Waals surface area (Å²) in [6, 6.07) is 5.92. The van der Waals surface area contributed by atoms with Crippen molar-refractivity contribution in [3.8, 4) is 5.75 Å². The molecule has 0 radical (unpaired) electrons. The lowest BCUT2D eigenvalue weighted by molar-refractivity contribution is -0.104. The van der Waals surface area contributed by atoms with Crippen LogP contribution in [0.5, 0.6) is 5.75 Å². The van der Waals surface area contributed by atoms with Gasteiger partial charge in [0.2, 0.25) is 0 Å². The Bertz CT molecular complexity index is 513. The van der Waals surface area contributed by atoms with Crippen LogP contribution < -0.4 is 4.74 Å². The zero-order valence-corrected chi connectivity index (χ0v) is 10.7. The van der Waals surface area contributed by atoms with Crippen molar-refractivity contribution in [1.29, 1.82) is 0 Å². The normalized spacial score (nSPS) is 14.5. The second-order valence-electron chi connectivity index (χ2n) is 3.57. The molecule has 17 heavy (non-hydrogen) atoms. The van der Waals surface area contributed by atoms with E-state index in [1.165, 1.54) is 6.08 Å². The van der Waals surface area contributed by atoms with E-state index in [1.54, 1.807) is 6.08 Å². The van der Waals surface area contributed by atoms with Crippen LogP contribution >= 0.6 is 15.9 Å². The Morgan fingerprint density at radius 1 is 1.24 bits per heavy atom. The molecule has 0 aromatic heterocycles. The van der Waals surface area contributed by atoms with E-state index in [2.05, 4.69) is 22.0 Å². The van der Waals surface area contributed by atoms with Crippen molar-refractivity contribution in [3.63, 3.8) is 0 Å². The van der Waals surface area contributed by atoms with Crippen molar-refractivity contribution in [2.75, 3.05) is 6.61 Å². The maximum absolute atomic E-state index is 10.1. The molecule has 86 valence electrons. The first kappa shape index (κ1) is 11.9.